The van der Waals surface area contributed by atoms with Gasteiger partial charge in [-0.3, -0.25) is 0 Å². The van der Waals surface area contributed by atoms with Crippen molar-refractivity contribution in [2.45, 2.75) is 37.3 Å². The summed E-state index contributed by atoms with van der Waals surface area (Å²) in [5.74, 6) is 0. The van der Waals surface area contributed by atoms with E-state index in [9.17, 15) is 0 Å². The summed E-state index contributed by atoms with van der Waals surface area (Å²) < 4.78 is 0. The van der Waals surface area contributed by atoms with E-state index in [4.69, 9.17) is 5.11 Å². The third-order valence-electron chi connectivity index (χ3n) is 3.04. The van der Waals surface area contributed by atoms with Crippen molar-refractivity contribution in [3.05, 3.63) is 0 Å². The molecule has 1 saturated carbocycles. The molecule has 1 atom stereocenters. The summed E-state index contributed by atoms with van der Waals surface area (Å²) in [4.78, 5) is 0. The van der Waals surface area contributed by atoms with E-state index in [2.05, 4.69) is 10.6 Å². The molecule has 3 N–H and O–H groups in total. The summed E-state index contributed by atoms with van der Waals surface area (Å²) in [6, 6.07) is 0.647. The van der Waals surface area contributed by atoms with Gasteiger partial charge in [-0.05, 0) is 32.2 Å². The van der Waals surface area contributed by atoms with Gasteiger partial charge in [0.15, 0.2) is 0 Å². The number of aliphatic hydroxyl groups is 1. The monoisotopic (exact) mass is 170 g/mol. The first kappa shape index (κ1) is 8.48. The lowest BCUT2D eigenvalue weighted by Gasteiger charge is -2.17. The van der Waals surface area contributed by atoms with Crippen molar-refractivity contribution in [1.29, 1.82) is 0 Å². The van der Waals surface area contributed by atoms with Gasteiger partial charge < -0.3 is 15.7 Å². The van der Waals surface area contributed by atoms with E-state index >= 15 is 0 Å². The third kappa shape index (κ3) is 1.79. The molecular weight excluding hydrogens is 152 g/mol. The number of hydrogen-bond donors (Lipinski definition) is 3. The minimum atomic E-state index is 0.115. The van der Waals surface area contributed by atoms with Gasteiger partial charge in [-0.1, -0.05) is 0 Å². The van der Waals surface area contributed by atoms with Crippen LogP contribution >= 0.6 is 0 Å². The molecule has 0 aromatic heterocycles. The largest absolute Gasteiger partial charge is 0.394 e. The van der Waals surface area contributed by atoms with Gasteiger partial charge in [0, 0.05) is 18.1 Å². The van der Waals surface area contributed by atoms with Crippen LogP contribution in [-0.4, -0.2) is 36.4 Å². The van der Waals surface area contributed by atoms with Gasteiger partial charge in [0.25, 0.3) is 0 Å². The highest BCUT2D eigenvalue weighted by molar-refractivity contribution is 5.02. The standard InChI is InChI=1S/C9H18N2O/c12-7-9(3-4-9)11-6-8-2-1-5-10-8/h8,10-12H,1-7H2. The smallest absolute Gasteiger partial charge is 0.0613 e. The Balaban J connectivity index is 1.67. The van der Waals surface area contributed by atoms with E-state index in [1.54, 1.807) is 0 Å². The first-order valence-corrected chi connectivity index (χ1v) is 4.94. The molecule has 2 rings (SSSR count). The molecular formula is C9H18N2O. The van der Waals surface area contributed by atoms with Crippen molar-refractivity contribution in [3.8, 4) is 0 Å². The molecule has 3 heteroatoms. The van der Waals surface area contributed by atoms with Gasteiger partial charge in [0.2, 0.25) is 0 Å². The molecule has 70 valence electrons. The van der Waals surface area contributed by atoms with Crippen LogP contribution < -0.4 is 10.6 Å². The molecule has 2 aliphatic rings. The van der Waals surface area contributed by atoms with Crippen LogP contribution in [0.25, 0.3) is 0 Å². The molecule has 2 fully saturated rings. The van der Waals surface area contributed by atoms with Gasteiger partial charge in [0.05, 0.1) is 6.61 Å². The van der Waals surface area contributed by atoms with Crippen LogP contribution in [0.2, 0.25) is 0 Å². The average Bonchev–Trinajstić information content (AvgIpc) is 2.70. The average molecular weight is 170 g/mol. The van der Waals surface area contributed by atoms with Crippen LogP contribution in [0.4, 0.5) is 0 Å². The van der Waals surface area contributed by atoms with Crippen LogP contribution in [0.15, 0.2) is 0 Å². The Bertz CT molecular complexity index is 151. The molecule has 1 saturated heterocycles. The van der Waals surface area contributed by atoms with Gasteiger partial charge in [-0.15, -0.1) is 0 Å². The summed E-state index contributed by atoms with van der Waals surface area (Å²) in [5.41, 5.74) is 0.115. The Morgan fingerprint density at radius 1 is 1.50 bits per heavy atom. The maximum absolute atomic E-state index is 9.05. The topological polar surface area (TPSA) is 44.3 Å². The van der Waals surface area contributed by atoms with E-state index in [0.717, 1.165) is 19.4 Å². The molecule has 1 unspecified atom stereocenters. The fourth-order valence-electron chi connectivity index (χ4n) is 1.81. The molecule has 3 nitrogen and oxygen atoms in total. The maximum Gasteiger partial charge on any atom is 0.0613 e. The Kier molecular flexibility index (Phi) is 2.35. The molecule has 0 bridgehead atoms. The van der Waals surface area contributed by atoms with Crippen LogP contribution in [0.1, 0.15) is 25.7 Å². The predicted molar refractivity (Wildman–Crippen MR) is 48.1 cm³/mol. The summed E-state index contributed by atoms with van der Waals surface area (Å²) in [6.07, 6.45) is 4.89. The number of nitrogens with one attached hydrogen (secondary N) is 2. The molecule has 0 aromatic carbocycles. The van der Waals surface area contributed by atoms with Gasteiger partial charge >= 0.3 is 0 Å². The van der Waals surface area contributed by atoms with Crippen molar-refractivity contribution in [1.82, 2.24) is 10.6 Å². The van der Waals surface area contributed by atoms with Crippen molar-refractivity contribution < 1.29 is 5.11 Å². The second-order valence-electron chi connectivity index (χ2n) is 4.11. The Morgan fingerprint density at radius 2 is 2.33 bits per heavy atom. The lowest BCUT2D eigenvalue weighted by Crippen LogP contribution is -2.42. The second-order valence-corrected chi connectivity index (χ2v) is 4.11. The van der Waals surface area contributed by atoms with E-state index in [-0.39, 0.29) is 5.54 Å². The molecule has 0 aromatic rings. The highest BCUT2D eigenvalue weighted by atomic mass is 16.3. The molecule has 0 spiro atoms. The Morgan fingerprint density at radius 3 is 2.83 bits per heavy atom. The normalized spacial score (nSPS) is 32.2. The lowest BCUT2D eigenvalue weighted by molar-refractivity contribution is 0.227. The van der Waals surface area contributed by atoms with Crippen LogP contribution in [0.3, 0.4) is 0 Å². The van der Waals surface area contributed by atoms with Crippen molar-refractivity contribution >= 4 is 0 Å². The zero-order valence-electron chi connectivity index (χ0n) is 7.47. The number of rotatable bonds is 4. The molecule has 1 aliphatic carbocycles. The minimum absolute atomic E-state index is 0.115. The number of aliphatic hydroxyl groups excluding tert-OH is 1. The lowest BCUT2D eigenvalue weighted by atomic mass is 10.2. The first-order chi connectivity index (χ1) is 5.85. The van der Waals surface area contributed by atoms with Gasteiger partial charge in [0.1, 0.15) is 0 Å². The van der Waals surface area contributed by atoms with E-state index < -0.39 is 0 Å². The van der Waals surface area contributed by atoms with Crippen molar-refractivity contribution in [2.75, 3.05) is 19.7 Å². The first-order valence-electron chi connectivity index (χ1n) is 4.94. The Hall–Kier alpha value is -0.120. The highest BCUT2D eigenvalue weighted by Crippen LogP contribution is 2.34. The molecule has 1 aliphatic heterocycles. The predicted octanol–water partition coefficient (Wildman–Crippen LogP) is -0.147. The summed E-state index contributed by atoms with van der Waals surface area (Å²) in [7, 11) is 0. The third-order valence-corrected chi connectivity index (χ3v) is 3.04. The van der Waals surface area contributed by atoms with Crippen LogP contribution in [0, 0.1) is 0 Å². The Labute approximate surface area is 73.5 Å². The zero-order valence-corrected chi connectivity index (χ0v) is 7.47. The van der Waals surface area contributed by atoms with Gasteiger partial charge in [-0.25, -0.2) is 0 Å². The van der Waals surface area contributed by atoms with E-state index in [0.29, 0.717) is 12.6 Å². The quantitative estimate of drug-likeness (QED) is 0.550. The van der Waals surface area contributed by atoms with Crippen molar-refractivity contribution in [3.63, 3.8) is 0 Å². The van der Waals surface area contributed by atoms with E-state index in [1.807, 2.05) is 0 Å². The van der Waals surface area contributed by atoms with Crippen LogP contribution in [0.5, 0.6) is 0 Å². The van der Waals surface area contributed by atoms with Gasteiger partial charge in [-0.2, -0.15) is 0 Å². The molecule has 12 heavy (non-hydrogen) atoms. The SMILES string of the molecule is OCC1(NCC2CCCN2)CC1. The molecule has 1 heterocycles. The summed E-state index contributed by atoms with van der Waals surface area (Å²) in [5, 5.41) is 15.9. The summed E-state index contributed by atoms with van der Waals surface area (Å²) in [6.45, 7) is 2.50. The second kappa shape index (κ2) is 3.32. The van der Waals surface area contributed by atoms with Crippen LogP contribution in [-0.2, 0) is 0 Å². The van der Waals surface area contributed by atoms with E-state index in [1.165, 1.54) is 19.4 Å². The van der Waals surface area contributed by atoms with Crippen molar-refractivity contribution in [2.24, 2.45) is 0 Å². The summed E-state index contributed by atoms with van der Waals surface area (Å²) >= 11 is 0. The number of hydrogen-bond acceptors (Lipinski definition) is 3. The molecule has 0 radical (unpaired) electrons. The minimum Gasteiger partial charge on any atom is -0.394 e. The fraction of sp³-hybridized carbons (Fsp3) is 1.00. The fourth-order valence-corrected chi connectivity index (χ4v) is 1.81. The highest BCUT2D eigenvalue weighted by Gasteiger charge is 2.41. The zero-order chi connectivity index (χ0) is 8.44. The maximum atomic E-state index is 9.05. The molecule has 0 amide bonds.